The molecule has 1 aromatic heterocycles. The number of hydrogen-bond acceptors (Lipinski definition) is 3. The summed E-state index contributed by atoms with van der Waals surface area (Å²) < 4.78 is 0. The van der Waals surface area contributed by atoms with Crippen LogP contribution in [0.5, 0.6) is 0 Å². The molecule has 0 spiro atoms. The summed E-state index contributed by atoms with van der Waals surface area (Å²) in [5, 5.41) is 7.43. The van der Waals surface area contributed by atoms with Crippen LogP contribution in [0.1, 0.15) is 37.6 Å². The van der Waals surface area contributed by atoms with E-state index in [0.717, 1.165) is 28.7 Å². The fourth-order valence-electron chi connectivity index (χ4n) is 1.94. The maximum atomic E-state index is 5.99. The lowest BCUT2D eigenvalue weighted by molar-refractivity contribution is 0.561. The van der Waals surface area contributed by atoms with E-state index in [0.29, 0.717) is 6.04 Å². The van der Waals surface area contributed by atoms with Crippen molar-refractivity contribution in [2.24, 2.45) is 0 Å². The van der Waals surface area contributed by atoms with E-state index in [1.165, 1.54) is 11.1 Å². The number of aromatic nitrogens is 1. The highest BCUT2D eigenvalue weighted by Crippen LogP contribution is 2.30. The average molecular weight is 295 g/mol. The molecule has 0 aliphatic heterocycles. The zero-order valence-electron chi connectivity index (χ0n) is 11.5. The Kier molecular flexibility index (Phi) is 4.97. The predicted octanol–water partition coefficient (Wildman–Crippen LogP) is 4.83. The fourth-order valence-corrected chi connectivity index (χ4v) is 3.17. The monoisotopic (exact) mass is 294 g/mol. The molecule has 0 aliphatic carbocycles. The number of aryl methyl sites for hydroxylation is 1. The zero-order valence-corrected chi connectivity index (χ0v) is 13.1. The molecule has 0 bridgehead atoms. The van der Waals surface area contributed by atoms with E-state index in [9.17, 15) is 0 Å². The molecule has 0 saturated heterocycles. The first kappa shape index (κ1) is 14.5. The van der Waals surface area contributed by atoms with Gasteiger partial charge in [0, 0.05) is 22.0 Å². The van der Waals surface area contributed by atoms with E-state index in [1.54, 1.807) is 11.3 Å². The third kappa shape index (κ3) is 3.56. The van der Waals surface area contributed by atoms with Gasteiger partial charge in [0.1, 0.15) is 5.01 Å². The van der Waals surface area contributed by atoms with Gasteiger partial charge in [-0.25, -0.2) is 4.98 Å². The van der Waals surface area contributed by atoms with Crippen LogP contribution in [0.2, 0.25) is 5.02 Å². The Balaban J connectivity index is 2.20. The lowest BCUT2D eigenvalue weighted by atomic mass is 10.1. The van der Waals surface area contributed by atoms with Crippen molar-refractivity contribution in [3.8, 4) is 10.6 Å². The number of benzene rings is 1. The molecular weight excluding hydrogens is 276 g/mol. The standard InChI is InChI=1S/C15H19ClN2S/c1-4-7-17-11(3)14-9-19-15(18-14)13-6-5-12(16)8-10(13)2/h5-6,8-9,11,17H,4,7H2,1-3H3. The van der Waals surface area contributed by atoms with Crippen molar-refractivity contribution in [3.63, 3.8) is 0 Å². The lowest BCUT2D eigenvalue weighted by Crippen LogP contribution is -2.19. The van der Waals surface area contributed by atoms with E-state index in [4.69, 9.17) is 16.6 Å². The molecule has 0 fully saturated rings. The molecule has 1 atom stereocenters. The third-order valence-electron chi connectivity index (χ3n) is 3.08. The molecule has 2 rings (SSSR count). The maximum absolute atomic E-state index is 5.99. The van der Waals surface area contributed by atoms with Crippen LogP contribution in [0.25, 0.3) is 10.6 Å². The van der Waals surface area contributed by atoms with Crippen molar-refractivity contribution in [2.45, 2.75) is 33.2 Å². The Labute approximate surface area is 123 Å². The summed E-state index contributed by atoms with van der Waals surface area (Å²) in [7, 11) is 0. The van der Waals surface area contributed by atoms with Crippen molar-refractivity contribution in [2.75, 3.05) is 6.54 Å². The number of hydrogen-bond donors (Lipinski definition) is 1. The topological polar surface area (TPSA) is 24.9 Å². The van der Waals surface area contributed by atoms with Gasteiger partial charge in [0.15, 0.2) is 0 Å². The van der Waals surface area contributed by atoms with Crippen LogP contribution in [0.15, 0.2) is 23.6 Å². The summed E-state index contributed by atoms with van der Waals surface area (Å²) >= 11 is 7.68. The molecule has 2 nitrogen and oxygen atoms in total. The predicted molar refractivity (Wildman–Crippen MR) is 84.0 cm³/mol. The van der Waals surface area contributed by atoms with Crippen LogP contribution in [-0.2, 0) is 0 Å². The molecule has 19 heavy (non-hydrogen) atoms. The summed E-state index contributed by atoms with van der Waals surface area (Å²) in [4.78, 5) is 4.74. The highest BCUT2D eigenvalue weighted by Gasteiger charge is 2.11. The number of halogens is 1. The van der Waals surface area contributed by atoms with Gasteiger partial charge in [0.25, 0.3) is 0 Å². The number of thiazole rings is 1. The van der Waals surface area contributed by atoms with Crippen LogP contribution in [0.4, 0.5) is 0 Å². The van der Waals surface area contributed by atoms with Gasteiger partial charge in [-0.15, -0.1) is 11.3 Å². The lowest BCUT2D eigenvalue weighted by Gasteiger charge is -2.09. The number of rotatable bonds is 5. The second kappa shape index (κ2) is 6.51. The van der Waals surface area contributed by atoms with Crippen LogP contribution in [0, 0.1) is 6.92 Å². The highest BCUT2D eigenvalue weighted by atomic mass is 35.5. The van der Waals surface area contributed by atoms with Gasteiger partial charge in [0.2, 0.25) is 0 Å². The largest absolute Gasteiger partial charge is 0.309 e. The third-order valence-corrected chi connectivity index (χ3v) is 4.21. The molecule has 2 aromatic rings. The fraction of sp³-hybridized carbons (Fsp3) is 0.400. The first-order chi connectivity index (χ1) is 9.11. The molecule has 0 aliphatic rings. The van der Waals surface area contributed by atoms with Crippen molar-refractivity contribution < 1.29 is 0 Å². The molecule has 0 radical (unpaired) electrons. The van der Waals surface area contributed by atoms with Crippen molar-refractivity contribution >= 4 is 22.9 Å². The minimum absolute atomic E-state index is 0.303. The summed E-state index contributed by atoms with van der Waals surface area (Å²) in [5.41, 5.74) is 3.45. The van der Waals surface area contributed by atoms with Crippen LogP contribution in [-0.4, -0.2) is 11.5 Å². The molecule has 1 aromatic carbocycles. The van der Waals surface area contributed by atoms with Gasteiger partial charge in [-0.1, -0.05) is 24.6 Å². The molecule has 0 amide bonds. The number of nitrogens with one attached hydrogen (secondary N) is 1. The smallest absolute Gasteiger partial charge is 0.123 e. The van der Waals surface area contributed by atoms with E-state index < -0.39 is 0 Å². The molecular formula is C15H19ClN2S. The SMILES string of the molecule is CCCNC(C)c1csc(-c2ccc(Cl)cc2C)n1. The quantitative estimate of drug-likeness (QED) is 0.854. The Hall–Kier alpha value is -0.900. The van der Waals surface area contributed by atoms with Gasteiger partial charge in [0.05, 0.1) is 5.69 Å². The molecule has 1 N–H and O–H groups in total. The normalized spacial score (nSPS) is 12.6. The van der Waals surface area contributed by atoms with Crippen LogP contribution >= 0.6 is 22.9 Å². The van der Waals surface area contributed by atoms with E-state index in [2.05, 4.69) is 31.5 Å². The average Bonchev–Trinajstić information content (AvgIpc) is 2.85. The first-order valence-electron chi connectivity index (χ1n) is 6.57. The maximum Gasteiger partial charge on any atom is 0.123 e. The van der Waals surface area contributed by atoms with Crippen molar-refractivity contribution in [1.29, 1.82) is 0 Å². The molecule has 1 heterocycles. The van der Waals surface area contributed by atoms with Crippen molar-refractivity contribution in [1.82, 2.24) is 10.3 Å². The van der Waals surface area contributed by atoms with E-state index in [-0.39, 0.29) is 0 Å². The van der Waals surface area contributed by atoms with Crippen LogP contribution < -0.4 is 5.32 Å². The van der Waals surface area contributed by atoms with E-state index >= 15 is 0 Å². The number of nitrogens with zero attached hydrogens (tertiary/aromatic N) is 1. The molecule has 0 saturated carbocycles. The second-order valence-corrected chi connectivity index (χ2v) is 6.01. The summed E-state index contributed by atoms with van der Waals surface area (Å²) in [6.45, 7) is 7.42. The van der Waals surface area contributed by atoms with Gasteiger partial charge >= 0.3 is 0 Å². The Bertz CT molecular complexity index is 551. The Morgan fingerprint density at radius 2 is 2.21 bits per heavy atom. The molecule has 4 heteroatoms. The molecule has 102 valence electrons. The van der Waals surface area contributed by atoms with Gasteiger partial charge in [-0.05, 0) is 44.5 Å². The van der Waals surface area contributed by atoms with Gasteiger partial charge < -0.3 is 5.32 Å². The minimum Gasteiger partial charge on any atom is -0.309 e. The van der Waals surface area contributed by atoms with Gasteiger partial charge in [-0.2, -0.15) is 0 Å². The zero-order chi connectivity index (χ0) is 13.8. The highest BCUT2D eigenvalue weighted by molar-refractivity contribution is 7.13. The summed E-state index contributed by atoms with van der Waals surface area (Å²) in [6, 6.07) is 6.25. The first-order valence-corrected chi connectivity index (χ1v) is 7.83. The second-order valence-electron chi connectivity index (χ2n) is 4.71. The van der Waals surface area contributed by atoms with E-state index in [1.807, 2.05) is 18.2 Å². The summed E-state index contributed by atoms with van der Waals surface area (Å²) in [5.74, 6) is 0. The summed E-state index contributed by atoms with van der Waals surface area (Å²) in [6.07, 6.45) is 1.14. The molecule has 1 unspecified atom stereocenters. The minimum atomic E-state index is 0.303. The Morgan fingerprint density at radius 3 is 2.89 bits per heavy atom. The van der Waals surface area contributed by atoms with Crippen molar-refractivity contribution in [3.05, 3.63) is 39.9 Å². The Morgan fingerprint density at radius 1 is 1.42 bits per heavy atom. The van der Waals surface area contributed by atoms with Gasteiger partial charge in [-0.3, -0.25) is 0 Å². The van der Waals surface area contributed by atoms with Crippen LogP contribution in [0.3, 0.4) is 0 Å².